The molecule has 1 saturated carbocycles. The minimum absolute atomic E-state index is 0.0590. The minimum atomic E-state index is -3.19. The Balaban J connectivity index is 2.37. The van der Waals surface area contributed by atoms with E-state index < -0.39 is 10.0 Å². The highest BCUT2D eigenvalue weighted by molar-refractivity contribution is 7.90. The highest BCUT2D eigenvalue weighted by Gasteiger charge is 2.35. The van der Waals surface area contributed by atoms with E-state index in [9.17, 15) is 13.2 Å². The smallest absolute Gasteiger partial charge is 0.214 e. The van der Waals surface area contributed by atoms with Crippen LogP contribution in [0.5, 0.6) is 0 Å². The number of carbonyl (C=O) groups excluding carboxylic acids is 1. The van der Waals surface area contributed by atoms with Crippen molar-refractivity contribution in [2.75, 3.05) is 6.54 Å². The van der Waals surface area contributed by atoms with Gasteiger partial charge in [-0.25, -0.2) is 13.1 Å². The zero-order valence-electron chi connectivity index (χ0n) is 7.91. The number of carbonyl (C=O) groups is 1. The molecule has 0 spiro atoms. The lowest BCUT2D eigenvalue weighted by Crippen LogP contribution is -2.33. The van der Waals surface area contributed by atoms with Gasteiger partial charge < -0.3 is 0 Å². The van der Waals surface area contributed by atoms with E-state index in [-0.39, 0.29) is 23.5 Å². The Kier molecular flexibility index (Phi) is 3.08. The Morgan fingerprint density at radius 1 is 1.46 bits per heavy atom. The second kappa shape index (κ2) is 3.75. The average Bonchev–Trinajstić information content (AvgIpc) is 2.81. The summed E-state index contributed by atoms with van der Waals surface area (Å²) in [7, 11) is -3.19. The van der Waals surface area contributed by atoms with Crippen LogP contribution in [-0.2, 0) is 14.8 Å². The van der Waals surface area contributed by atoms with E-state index in [2.05, 4.69) is 4.72 Å². The van der Waals surface area contributed by atoms with Crippen molar-refractivity contribution in [2.45, 2.75) is 31.9 Å². The summed E-state index contributed by atoms with van der Waals surface area (Å²) in [6.07, 6.45) is 1.45. The van der Waals surface area contributed by atoms with Crippen LogP contribution in [-0.4, -0.2) is 26.0 Å². The second-order valence-electron chi connectivity index (χ2n) is 3.69. The minimum Gasteiger partial charge on any atom is -0.298 e. The number of ketones is 1. The maximum absolute atomic E-state index is 11.3. The Bertz CT molecular complexity index is 291. The first-order valence-corrected chi connectivity index (χ1v) is 5.99. The summed E-state index contributed by atoms with van der Waals surface area (Å²) in [4.78, 5) is 11.1. The molecule has 1 aliphatic rings. The average molecular weight is 205 g/mol. The van der Waals surface area contributed by atoms with Crippen LogP contribution in [0, 0.1) is 5.92 Å². The first-order chi connectivity index (χ1) is 5.93. The van der Waals surface area contributed by atoms with Gasteiger partial charge in [0.05, 0.1) is 11.8 Å². The van der Waals surface area contributed by atoms with Crippen molar-refractivity contribution >= 4 is 15.8 Å². The maximum Gasteiger partial charge on any atom is 0.214 e. The predicted molar refractivity (Wildman–Crippen MR) is 49.8 cm³/mol. The normalized spacial score (nSPS) is 17.8. The van der Waals surface area contributed by atoms with E-state index in [1.165, 1.54) is 0 Å². The number of nitrogens with one attached hydrogen (secondary N) is 1. The van der Waals surface area contributed by atoms with Gasteiger partial charge in [0.25, 0.3) is 0 Å². The summed E-state index contributed by atoms with van der Waals surface area (Å²) in [5.74, 6) is -0.175. The van der Waals surface area contributed by atoms with Gasteiger partial charge in [0.2, 0.25) is 10.0 Å². The van der Waals surface area contributed by atoms with E-state index in [0.29, 0.717) is 0 Å². The highest BCUT2D eigenvalue weighted by Crippen LogP contribution is 2.27. The molecule has 0 atom stereocenters. The van der Waals surface area contributed by atoms with Crippen molar-refractivity contribution in [2.24, 2.45) is 5.92 Å². The number of rotatable bonds is 5. The zero-order valence-corrected chi connectivity index (χ0v) is 8.73. The molecule has 0 aromatic rings. The van der Waals surface area contributed by atoms with Crippen molar-refractivity contribution in [3.05, 3.63) is 0 Å². The molecule has 0 heterocycles. The first-order valence-electron chi connectivity index (χ1n) is 4.44. The van der Waals surface area contributed by atoms with Crippen molar-refractivity contribution in [3.8, 4) is 0 Å². The van der Waals surface area contributed by atoms with Gasteiger partial charge in [-0.1, -0.05) is 13.8 Å². The predicted octanol–water partition coefficient (Wildman–Crippen LogP) is 0.293. The lowest BCUT2D eigenvalue weighted by Gasteiger charge is -2.06. The van der Waals surface area contributed by atoms with Gasteiger partial charge in [0.1, 0.15) is 5.78 Å². The second-order valence-corrected chi connectivity index (χ2v) is 5.73. The van der Waals surface area contributed by atoms with Gasteiger partial charge in [-0.05, 0) is 12.8 Å². The molecule has 0 aliphatic heterocycles. The molecule has 0 aromatic carbocycles. The fraction of sp³-hybridized carbons (Fsp3) is 0.875. The molecule has 0 amide bonds. The lowest BCUT2D eigenvalue weighted by molar-refractivity contribution is -0.120. The monoisotopic (exact) mass is 205 g/mol. The van der Waals surface area contributed by atoms with Crippen LogP contribution in [0.2, 0.25) is 0 Å². The summed E-state index contributed by atoms with van der Waals surface area (Å²) in [6, 6.07) is 0. The Morgan fingerprint density at radius 3 is 2.38 bits per heavy atom. The number of hydrogen-bond acceptors (Lipinski definition) is 3. The number of sulfonamides is 1. The van der Waals surface area contributed by atoms with Crippen molar-refractivity contribution in [3.63, 3.8) is 0 Å². The summed E-state index contributed by atoms with van der Waals surface area (Å²) < 4.78 is 24.8. The van der Waals surface area contributed by atoms with Gasteiger partial charge >= 0.3 is 0 Å². The lowest BCUT2D eigenvalue weighted by atomic mass is 10.1. The van der Waals surface area contributed by atoms with Crippen LogP contribution >= 0.6 is 0 Å². The molecule has 0 unspecified atom stereocenters. The van der Waals surface area contributed by atoms with Crippen LogP contribution in [0.1, 0.15) is 26.7 Å². The van der Waals surface area contributed by atoms with Gasteiger partial charge in [0, 0.05) is 5.92 Å². The molecule has 0 saturated heterocycles. The number of Topliss-reactive ketones (excluding diaryl/α,β-unsaturated/α-hetero) is 1. The van der Waals surface area contributed by atoms with E-state index in [1.54, 1.807) is 13.8 Å². The van der Waals surface area contributed by atoms with Crippen LogP contribution in [0.3, 0.4) is 0 Å². The quantitative estimate of drug-likeness (QED) is 0.701. The molecule has 1 N–H and O–H groups in total. The van der Waals surface area contributed by atoms with Crippen LogP contribution in [0.4, 0.5) is 0 Å². The van der Waals surface area contributed by atoms with E-state index in [0.717, 1.165) is 12.8 Å². The number of hydrogen-bond donors (Lipinski definition) is 1. The van der Waals surface area contributed by atoms with Crippen molar-refractivity contribution in [1.82, 2.24) is 4.72 Å². The fourth-order valence-corrected chi connectivity index (χ4v) is 2.21. The molecular formula is C8H15NO3S. The highest BCUT2D eigenvalue weighted by atomic mass is 32.2. The third-order valence-electron chi connectivity index (χ3n) is 2.05. The summed E-state index contributed by atoms with van der Waals surface area (Å²) >= 11 is 0. The third-order valence-corrected chi connectivity index (χ3v) is 3.95. The first kappa shape index (κ1) is 10.7. The molecule has 1 rings (SSSR count). The van der Waals surface area contributed by atoms with E-state index >= 15 is 0 Å². The van der Waals surface area contributed by atoms with Crippen molar-refractivity contribution in [1.29, 1.82) is 0 Å². The van der Waals surface area contributed by atoms with E-state index in [1.807, 2.05) is 0 Å². The Labute approximate surface area is 78.8 Å². The SMILES string of the molecule is CC(C)C(=O)CNS(=O)(=O)C1CC1. The molecule has 4 nitrogen and oxygen atoms in total. The van der Waals surface area contributed by atoms with Gasteiger partial charge in [-0.15, -0.1) is 0 Å². The molecule has 0 radical (unpaired) electrons. The van der Waals surface area contributed by atoms with Gasteiger partial charge in [0.15, 0.2) is 0 Å². The molecule has 0 aromatic heterocycles. The van der Waals surface area contributed by atoms with Crippen LogP contribution < -0.4 is 4.72 Å². The fourth-order valence-electron chi connectivity index (χ4n) is 0.872. The van der Waals surface area contributed by atoms with E-state index in [4.69, 9.17) is 0 Å². The molecule has 76 valence electrons. The summed E-state index contributed by atoms with van der Waals surface area (Å²) in [5, 5.41) is -0.243. The largest absolute Gasteiger partial charge is 0.298 e. The Hall–Kier alpha value is -0.420. The Morgan fingerprint density at radius 2 is 2.00 bits per heavy atom. The topological polar surface area (TPSA) is 63.2 Å². The van der Waals surface area contributed by atoms with Crippen LogP contribution in [0.25, 0.3) is 0 Å². The molecule has 1 fully saturated rings. The van der Waals surface area contributed by atoms with Gasteiger partial charge in [-0.3, -0.25) is 4.79 Å². The molecule has 13 heavy (non-hydrogen) atoms. The van der Waals surface area contributed by atoms with Gasteiger partial charge in [-0.2, -0.15) is 0 Å². The van der Waals surface area contributed by atoms with Crippen molar-refractivity contribution < 1.29 is 13.2 Å². The standard InChI is InChI=1S/C8H15NO3S/c1-6(2)8(10)5-9-13(11,12)7-3-4-7/h6-7,9H,3-5H2,1-2H3. The molecule has 0 bridgehead atoms. The molecule has 1 aliphatic carbocycles. The summed E-state index contributed by atoms with van der Waals surface area (Å²) in [5.41, 5.74) is 0. The molecular weight excluding hydrogens is 190 g/mol. The van der Waals surface area contributed by atoms with Crippen LogP contribution in [0.15, 0.2) is 0 Å². The summed E-state index contributed by atoms with van der Waals surface area (Å²) in [6.45, 7) is 3.46. The maximum atomic E-state index is 11.3. The molecule has 5 heteroatoms. The third kappa shape index (κ3) is 3.08. The zero-order chi connectivity index (χ0) is 10.1.